The number of alkyl halides is 3. The van der Waals surface area contributed by atoms with Gasteiger partial charge in [-0.3, -0.25) is 0 Å². The van der Waals surface area contributed by atoms with Gasteiger partial charge >= 0.3 is 5.51 Å². The lowest BCUT2D eigenvalue weighted by Crippen LogP contribution is -2.19. The summed E-state index contributed by atoms with van der Waals surface area (Å²) in [5.74, 6) is -0.00628. The third kappa shape index (κ3) is 10.1. The highest BCUT2D eigenvalue weighted by molar-refractivity contribution is 8.00. The van der Waals surface area contributed by atoms with Crippen LogP contribution in [0.15, 0.2) is 11.6 Å². The third-order valence-electron chi connectivity index (χ3n) is 0.861. The minimum Gasteiger partial charge on any atom is -0.311 e. The van der Waals surface area contributed by atoms with Gasteiger partial charge in [0.2, 0.25) is 0 Å². The van der Waals surface area contributed by atoms with Crippen molar-refractivity contribution in [1.29, 1.82) is 0 Å². The predicted octanol–water partition coefficient (Wildman–Crippen LogP) is 2.58. The van der Waals surface area contributed by atoms with Crippen LogP contribution in [0, 0.1) is 0 Å². The first kappa shape index (κ1) is 12.1. The van der Waals surface area contributed by atoms with Crippen LogP contribution in [0.5, 0.6) is 0 Å². The van der Waals surface area contributed by atoms with E-state index in [4.69, 9.17) is 11.6 Å². The van der Waals surface area contributed by atoms with Crippen molar-refractivity contribution in [1.82, 2.24) is 5.32 Å². The summed E-state index contributed by atoms with van der Waals surface area (Å²) < 4.78 is 34.6. The fraction of sp³-hybridized carbons (Fsp3) is 0.667. The summed E-state index contributed by atoms with van der Waals surface area (Å²) in [6, 6.07) is 0. The molecular weight excluding hydrogens is 211 g/mol. The van der Waals surface area contributed by atoms with Crippen molar-refractivity contribution >= 4 is 23.4 Å². The summed E-state index contributed by atoms with van der Waals surface area (Å²) in [6.45, 7) is 4.00. The molecule has 0 aliphatic rings. The maximum Gasteiger partial charge on any atom is 0.441 e. The van der Waals surface area contributed by atoms with Crippen LogP contribution >= 0.6 is 23.4 Å². The Morgan fingerprint density at radius 2 is 2.08 bits per heavy atom. The van der Waals surface area contributed by atoms with Crippen LogP contribution in [0.1, 0.15) is 0 Å². The summed E-state index contributed by atoms with van der Waals surface area (Å²) in [4.78, 5) is 0. The van der Waals surface area contributed by atoms with Gasteiger partial charge in [0.25, 0.3) is 0 Å². The van der Waals surface area contributed by atoms with Gasteiger partial charge in [-0.1, -0.05) is 18.2 Å². The Bertz CT molecular complexity index is 148. The molecule has 0 unspecified atom stereocenters. The van der Waals surface area contributed by atoms with Crippen LogP contribution in [0.4, 0.5) is 13.2 Å². The normalized spacial score (nSPS) is 11.7. The van der Waals surface area contributed by atoms with Crippen molar-refractivity contribution in [2.24, 2.45) is 0 Å². The molecule has 0 rings (SSSR count). The van der Waals surface area contributed by atoms with E-state index in [1.165, 1.54) is 0 Å². The Labute approximate surface area is 78.3 Å². The van der Waals surface area contributed by atoms with E-state index in [1.807, 2.05) is 0 Å². The maximum absolute atomic E-state index is 11.5. The standard InChI is InChI=1S/C6H9ClF3NS/c1-5(7)4-11-2-3-12-6(8,9)10/h11H,1-4H2. The van der Waals surface area contributed by atoms with Crippen LogP contribution < -0.4 is 5.32 Å². The first-order valence-corrected chi connectivity index (χ1v) is 4.53. The second-order valence-corrected chi connectivity index (χ2v) is 3.68. The molecule has 1 N–H and O–H groups in total. The van der Waals surface area contributed by atoms with Crippen molar-refractivity contribution in [3.63, 3.8) is 0 Å². The van der Waals surface area contributed by atoms with Gasteiger partial charge in [-0.05, 0) is 11.8 Å². The first-order chi connectivity index (χ1) is 5.42. The molecule has 0 aromatic rings. The highest BCUT2D eigenvalue weighted by Crippen LogP contribution is 2.29. The smallest absolute Gasteiger partial charge is 0.311 e. The molecular formula is C6H9ClF3NS. The zero-order valence-corrected chi connectivity index (χ0v) is 7.82. The van der Waals surface area contributed by atoms with Crippen LogP contribution in [-0.4, -0.2) is 24.4 Å². The Hall–Kier alpha value is 0.130. The molecule has 0 aromatic heterocycles. The van der Waals surface area contributed by atoms with E-state index in [9.17, 15) is 13.2 Å². The van der Waals surface area contributed by atoms with Gasteiger partial charge in [-0.2, -0.15) is 13.2 Å². The largest absolute Gasteiger partial charge is 0.441 e. The van der Waals surface area contributed by atoms with Gasteiger partial charge in [0.05, 0.1) is 0 Å². The minimum atomic E-state index is -4.14. The highest BCUT2D eigenvalue weighted by atomic mass is 35.5. The molecule has 0 atom stereocenters. The summed E-state index contributed by atoms with van der Waals surface area (Å²) in [5.41, 5.74) is -4.14. The van der Waals surface area contributed by atoms with E-state index in [2.05, 4.69) is 11.9 Å². The Balaban J connectivity index is 3.17. The summed E-state index contributed by atoms with van der Waals surface area (Å²) in [7, 11) is 0. The van der Waals surface area contributed by atoms with Crippen molar-refractivity contribution in [3.05, 3.63) is 11.6 Å². The topological polar surface area (TPSA) is 12.0 Å². The third-order valence-corrected chi connectivity index (χ3v) is 1.73. The second kappa shape index (κ2) is 5.72. The second-order valence-electron chi connectivity index (χ2n) is 1.99. The van der Waals surface area contributed by atoms with Crippen LogP contribution in [0.2, 0.25) is 0 Å². The molecule has 6 heteroatoms. The summed E-state index contributed by atoms with van der Waals surface area (Å²) in [6.07, 6.45) is 0. The number of hydrogen-bond donors (Lipinski definition) is 1. The van der Waals surface area contributed by atoms with E-state index in [0.29, 0.717) is 11.6 Å². The number of nitrogens with one attached hydrogen (secondary N) is 1. The maximum atomic E-state index is 11.5. The fourth-order valence-corrected chi connectivity index (χ4v) is 1.04. The highest BCUT2D eigenvalue weighted by Gasteiger charge is 2.27. The molecule has 0 bridgehead atoms. The number of hydrogen-bond acceptors (Lipinski definition) is 2. The average molecular weight is 220 g/mol. The molecule has 0 saturated heterocycles. The lowest BCUT2D eigenvalue weighted by Gasteiger charge is -2.05. The first-order valence-electron chi connectivity index (χ1n) is 3.16. The minimum absolute atomic E-state index is 0.00628. The monoisotopic (exact) mass is 219 g/mol. The average Bonchev–Trinajstić information content (AvgIpc) is 1.83. The molecule has 0 aliphatic carbocycles. The molecule has 0 radical (unpaired) electrons. The molecule has 12 heavy (non-hydrogen) atoms. The molecule has 0 amide bonds. The van der Waals surface area contributed by atoms with Crippen LogP contribution in [-0.2, 0) is 0 Å². The molecule has 0 saturated carbocycles. The predicted molar refractivity (Wildman–Crippen MR) is 46.4 cm³/mol. The molecule has 0 spiro atoms. The molecule has 1 nitrogen and oxygen atoms in total. The SMILES string of the molecule is C=C(Cl)CNCCSC(F)(F)F. The Kier molecular flexibility index (Phi) is 5.78. The van der Waals surface area contributed by atoms with E-state index in [0.717, 1.165) is 0 Å². The van der Waals surface area contributed by atoms with Crippen molar-refractivity contribution < 1.29 is 13.2 Å². The molecule has 0 aliphatic heterocycles. The zero-order valence-electron chi connectivity index (χ0n) is 6.25. The zero-order chi connectivity index (χ0) is 9.61. The quantitative estimate of drug-likeness (QED) is 0.714. The number of thioether (sulfide) groups is 1. The van der Waals surface area contributed by atoms with Gasteiger partial charge < -0.3 is 5.32 Å². The summed E-state index contributed by atoms with van der Waals surface area (Å²) >= 11 is 5.31. The van der Waals surface area contributed by atoms with Crippen molar-refractivity contribution in [2.75, 3.05) is 18.8 Å². The summed E-state index contributed by atoms with van der Waals surface area (Å²) in [5, 5.41) is 3.10. The van der Waals surface area contributed by atoms with E-state index < -0.39 is 5.51 Å². The van der Waals surface area contributed by atoms with Crippen LogP contribution in [0.25, 0.3) is 0 Å². The van der Waals surface area contributed by atoms with Crippen molar-refractivity contribution in [3.8, 4) is 0 Å². The fourth-order valence-electron chi connectivity index (χ4n) is 0.463. The molecule has 0 fully saturated rings. The van der Waals surface area contributed by atoms with Crippen LogP contribution in [0.3, 0.4) is 0 Å². The lowest BCUT2D eigenvalue weighted by molar-refractivity contribution is -0.0327. The number of rotatable bonds is 5. The van der Waals surface area contributed by atoms with Gasteiger partial charge in [-0.15, -0.1) is 0 Å². The lowest BCUT2D eigenvalue weighted by atomic mass is 10.6. The Morgan fingerprint density at radius 3 is 2.50 bits per heavy atom. The molecule has 0 aromatic carbocycles. The van der Waals surface area contributed by atoms with Gasteiger partial charge in [0.1, 0.15) is 0 Å². The Morgan fingerprint density at radius 1 is 1.50 bits per heavy atom. The number of halogens is 4. The molecule has 0 heterocycles. The van der Waals surface area contributed by atoms with E-state index in [-0.39, 0.29) is 24.1 Å². The van der Waals surface area contributed by atoms with Gasteiger partial charge in [0.15, 0.2) is 0 Å². The van der Waals surface area contributed by atoms with Crippen molar-refractivity contribution in [2.45, 2.75) is 5.51 Å². The van der Waals surface area contributed by atoms with Gasteiger partial charge in [0, 0.05) is 23.9 Å². The van der Waals surface area contributed by atoms with Gasteiger partial charge in [-0.25, -0.2) is 0 Å². The van der Waals surface area contributed by atoms with E-state index in [1.54, 1.807) is 0 Å². The molecule has 72 valence electrons. The van der Waals surface area contributed by atoms with E-state index >= 15 is 0 Å².